The van der Waals surface area contributed by atoms with E-state index in [0.29, 0.717) is 6.42 Å². The molecule has 0 saturated heterocycles. The lowest BCUT2D eigenvalue weighted by Gasteiger charge is -2.61. The Morgan fingerprint density at radius 3 is 2.35 bits per heavy atom. The summed E-state index contributed by atoms with van der Waals surface area (Å²) in [6.45, 7) is 11.0. The predicted octanol–water partition coefficient (Wildman–Crippen LogP) is 3.04. The molecule has 0 aliphatic heterocycles. The van der Waals surface area contributed by atoms with Crippen LogP contribution in [-0.2, 0) is 9.59 Å². The van der Waals surface area contributed by atoms with Crippen molar-refractivity contribution < 1.29 is 24.9 Å². The van der Waals surface area contributed by atoms with Crippen molar-refractivity contribution in [2.24, 2.45) is 35.0 Å². The Morgan fingerprint density at radius 2 is 1.85 bits per heavy atom. The topological polar surface area (TPSA) is 94.8 Å². The molecule has 8 atom stereocenters. The first-order valence-electron chi connectivity index (χ1n) is 9.68. The Hall–Kier alpha value is -1.20. The summed E-state index contributed by atoms with van der Waals surface area (Å²) in [5.74, 6) is -2.05. The summed E-state index contributed by atoms with van der Waals surface area (Å²) in [4.78, 5) is 26.4. The van der Waals surface area contributed by atoms with E-state index >= 15 is 0 Å². The molecule has 0 aromatic rings. The minimum atomic E-state index is -1.66. The van der Waals surface area contributed by atoms with Gasteiger partial charge in [-0.25, -0.2) is 0 Å². The molecule has 0 radical (unpaired) electrons. The van der Waals surface area contributed by atoms with Gasteiger partial charge in [0.15, 0.2) is 11.6 Å². The smallest absolute Gasteiger partial charge is 0.167 e. The standard InChI is InChI=1S/C21H34O5/c1-7-12(2)17-20(5,15(23)8-9-22)16-13(3)10-19(4,25)11-14(16)18(24)21(17,6)26/h8-9,12-14,16-17,22,25-26H,7,10-11H2,1-6H3/b9-8+/t12-,13-,14+,16-,17-,19-,20-,21+/m1/s1. The van der Waals surface area contributed by atoms with Crippen LogP contribution in [0.1, 0.15) is 60.8 Å². The Balaban J connectivity index is 2.71. The quantitative estimate of drug-likeness (QED) is 0.525. The van der Waals surface area contributed by atoms with Crippen molar-refractivity contribution in [3.05, 3.63) is 12.3 Å². The van der Waals surface area contributed by atoms with Gasteiger partial charge >= 0.3 is 0 Å². The highest BCUT2D eigenvalue weighted by atomic mass is 16.3. The monoisotopic (exact) mass is 366 g/mol. The molecule has 0 unspecified atom stereocenters. The zero-order valence-electron chi connectivity index (χ0n) is 16.8. The average molecular weight is 366 g/mol. The Morgan fingerprint density at radius 1 is 1.27 bits per heavy atom. The van der Waals surface area contributed by atoms with Crippen molar-refractivity contribution in [1.29, 1.82) is 0 Å². The van der Waals surface area contributed by atoms with Crippen molar-refractivity contribution in [2.45, 2.75) is 72.0 Å². The molecule has 0 amide bonds. The van der Waals surface area contributed by atoms with Gasteiger partial charge in [0.2, 0.25) is 0 Å². The van der Waals surface area contributed by atoms with Crippen molar-refractivity contribution in [3.8, 4) is 0 Å². The van der Waals surface area contributed by atoms with E-state index in [2.05, 4.69) is 0 Å². The van der Waals surface area contributed by atoms with Crippen LogP contribution in [0.15, 0.2) is 12.3 Å². The van der Waals surface area contributed by atoms with E-state index in [1.165, 1.54) is 6.92 Å². The minimum Gasteiger partial charge on any atom is -0.515 e. The highest BCUT2D eigenvalue weighted by Crippen LogP contribution is 2.61. The molecule has 0 aromatic heterocycles. The van der Waals surface area contributed by atoms with Crippen LogP contribution in [0.3, 0.4) is 0 Å². The number of aliphatic hydroxyl groups is 3. The minimum absolute atomic E-state index is 0.0504. The van der Waals surface area contributed by atoms with Gasteiger partial charge in [0.05, 0.1) is 11.9 Å². The molecule has 0 heterocycles. The number of aliphatic hydroxyl groups excluding tert-OH is 1. The SMILES string of the molecule is CC[C@@H](C)[C@@H]1[C@](C)(C(=O)/C=C/O)[C@@H]2[C@H](C)C[C@@](C)(O)C[C@@H]2C(=O)[C@@]1(C)O. The van der Waals surface area contributed by atoms with E-state index in [0.717, 1.165) is 18.8 Å². The number of allylic oxidation sites excluding steroid dienone is 1. The zero-order valence-corrected chi connectivity index (χ0v) is 16.8. The summed E-state index contributed by atoms with van der Waals surface area (Å²) in [6.07, 6.45) is 3.37. The number of fused-ring (bicyclic) bond motifs is 1. The van der Waals surface area contributed by atoms with Crippen LogP contribution in [0, 0.1) is 35.0 Å². The third-order valence-electron chi connectivity index (χ3n) is 7.22. The molecule has 5 heteroatoms. The fourth-order valence-corrected chi connectivity index (χ4v) is 6.43. The van der Waals surface area contributed by atoms with Gasteiger partial charge in [0.25, 0.3) is 0 Å². The fraction of sp³-hybridized carbons (Fsp3) is 0.810. The highest BCUT2D eigenvalue weighted by molar-refractivity contribution is 6.00. The number of carbonyl (C=O) groups excluding carboxylic acids is 2. The third-order valence-corrected chi connectivity index (χ3v) is 7.22. The fourth-order valence-electron chi connectivity index (χ4n) is 6.43. The van der Waals surface area contributed by atoms with Crippen LogP contribution in [-0.4, -0.2) is 38.1 Å². The Kier molecular flexibility index (Phi) is 5.48. The maximum Gasteiger partial charge on any atom is 0.167 e. The molecule has 2 saturated carbocycles. The molecule has 26 heavy (non-hydrogen) atoms. The van der Waals surface area contributed by atoms with Gasteiger partial charge in [-0.15, -0.1) is 0 Å². The summed E-state index contributed by atoms with van der Waals surface area (Å²) in [5, 5.41) is 31.1. The average Bonchev–Trinajstić information content (AvgIpc) is 2.50. The molecule has 0 spiro atoms. The third kappa shape index (κ3) is 3.03. The number of Topliss-reactive ketones (excluding diaryl/α,β-unsaturated/α-hetero) is 1. The predicted molar refractivity (Wildman–Crippen MR) is 99.5 cm³/mol. The summed E-state index contributed by atoms with van der Waals surface area (Å²) >= 11 is 0. The van der Waals surface area contributed by atoms with Gasteiger partial charge in [0.1, 0.15) is 5.60 Å². The summed E-state index contributed by atoms with van der Waals surface area (Å²) < 4.78 is 0. The number of rotatable bonds is 4. The normalized spacial score (nSPS) is 47.6. The second-order valence-corrected chi connectivity index (χ2v) is 9.35. The Labute approximate surface area is 156 Å². The van der Waals surface area contributed by atoms with Crippen LogP contribution >= 0.6 is 0 Å². The molecule has 0 bridgehead atoms. The second kappa shape index (κ2) is 6.75. The summed E-state index contributed by atoms with van der Waals surface area (Å²) in [5.41, 5.74) is -3.64. The summed E-state index contributed by atoms with van der Waals surface area (Å²) in [6, 6.07) is 0. The molecule has 5 nitrogen and oxygen atoms in total. The molecule has 2 fully saturated rings. The van der Waals surface area contributed by atoms with Crippen molar-refractivity contribution >= 4 is 11.6 Å². The van der Waals surface area contributed by atoms with Crippen LogP contribution in [0.4, 0.5) is 0 Å². The number of ketones is 2. The molecular formula is C21H34O5. The molecule has 2 rings (SSSR count). The zero-order chi connectivity index (χ0) is 20.1. The first-order chi connectivity index (χ1) is 11.8. The highest BCUT2D eigenvalue weighted by Gasteiger charge is 2.67. The van der Waals surface area contributed by atoms with Gasteiger partial charge < -0.3 is 15.3 Å². The first kappa shape index (κ1) is 21.1. The lowest BCUT2D eigenvalue weighted by molar-refractivity contribution is -0.203. The van der Waals surface area contributed by atoms with Gasteiger partial charge in [-0.2, -0.15) is 0 Å². The van der Waals surface area contributed by atoms with E-state index in [1.807, 2.05) is 27.7 Å². The van der Waals surface area contributed by atoms with E-state index in [9.17, 15) is 24.9 Å². The molecule has 148 valence electrons. The molecule has 2 aliphatic rings. The number of carbonyl (C=O) groups is 2. The van der Waals surface area contributed by atoms with Gasteiger partial charge in [-0.1, -0.05) is 34.1 Å². The number of hydrogen-bond acceptors (Lipinski definition) is 5. The van der Waals surface area contributed by atoms with Crippen LogP contribution < -0.4 is 0 Å². The van der Waals surface area contributed by atoms with Crippen LogP contribution in [0.2, 0.25) is 0 Å². The lowest BCUT2D eigenvalue weighted by atomic mass is 9.42. The molecular weight excluding hydrogens is 332 g/mol. The molecule has 2 aliphatic carbocycles. The van der Waals surface area contributed by atoms with Crippen LogP contribution in [0.5, 0.6) is 0 Å². The maximum absolute atomic E-state index is 13.3. The van der Waals surface area contributed by atoms with Crippen molar-refractivity contribution in [1.82, 2.24) is 0 Å². The Bertz CT molecular complexity index is 606. The van der Waals surface area contributed by atoms with E-state index in [-0.39, 0.29) is 35.7 Å². The van der Waals surface area contributed by atoms with E-state index in [1.54, 1.807) is 6.92 Å². The van der Waals surface area contributed by atoms with Gasteiger partial charge in [0, 0.05) is 23.3 Å². The summed E-state index contributed by atoms with van der Waals surface area (Å²) in [7, 11) is 0. The first-order valence-corrected chi connectivity index (χ1v) is 9.68. The number of hydrogen-bond donors (Lipinski definition) is 3. The van der Waals surface area contributed by atoms with Crippen LogP contribution in [0.25, 0.3) is 0 Å². The van der Waals surface area contributed by atoms with Crippen molar-refractivity contribution in [3.63, 3.8) is 0 Å². The maximum atomic E-state index is 13.3. The van der Waals surface area contributed by atoms with Gasteiger partial charge in [-0.3, -0.25) is 9.59 Å². The second-order valence-electron chi connectivity index (χ2n) is 9.35. The molecule has 3 N–H and O–H groups in total. The van der Waals surface area contributed by atoms with E-state index in [4.69, 9.17) is 0 Å². The largest absolute Gasteiger partial charge is 0.515 e. The molecule has 0 aromatic carbocycles. The van der Waals surface area contributed by atoms with E-state index < -0.39 is 28.5 Å². The lowest BCUT2D eigenvalue weighted by Crippen LogP contribution is -2.69. The van der Waals surface area contributed by atoms with Crippen molar-refractivity contribution in [2.75, 3.05) is 0 Å². The van der Waals surface area contributed by atoms with Gasteiger partial charge in [-0.05, 0) is 44.4 Å².